The largest absolute Gasteiger partial charge is 0.309 e. The summed E-state index contributed by atoms with van der Waals surface area (Å²) in [5, 5.41) is 2.14. The average Bonchev–Trinajstić information content (AvgIpc) is 2.50. The summed E-state index contributed by atoms with van der Waals surface area (Å²) in [5.74, 6) is 0. The molecule has 0 saturated carbocycles. The molecule has 1 aromatic rings. The zero-order valence-electron chi connectivity index (χ0n) is 9.66. The Labute approximate surface area is 105 Å². The van der Waals surface area contributed by atoms with Crippen LogP contribution >= 0.6 is 27.3 Å². The summed E-state index contributed by atoms with van der Waals surface area (Å²) in [7, 11) is 6.43. The molecule has 1 aromatic heterocycles. The minimum Gasteiger partial charge on any atom is -0.309 e. The van der Waals surface area contributed by atoms with Gasteiger partial charge in [-0.25, -0.2) is 0 Å². The first kappa shape index (κ1) is 13.2. The summed E-state index contributed by atoms with van der Waals surface area (Å²) in [6.45, 7) is 3.38. The third kappa shape index (κ3) is 5.66. The van der Waals surface area contributed by atoms with Crippen molar-refractivity contribution in [1.82, 2.24) is 9.80 Å². The summed E-state index contributed by atoms with van der Waals surface area (Å²) < 4.78 is 1.20. The van der Waals surface area contributed by atoms with E-state index in [1.807, 2.05) is 11.3 Å². The Bertz CT molecular complexity index is 286. The van der Waals surface area contributed by atoms with Crippen molar-refractivity contribution >= 4 is 27.3 Å². The van der Waals surface area contributed by atoms with E-state index in [1.54, 1.807) is 0 Å². The average molecular weight is 291 g/mol. The van der Waals surface area contributed by atoms with Crippen LogP contribution in [-0.4, -0.2) is 44.0 Å². The van der Waals surface area contributed by atoms with Crippen molar-refractivity contribution in [2.24, 2.45) is 0 Å². The fraction of sp³-hybridized carbons (Fsp3) is 0.636. The van der Waals surface area contributed by atoms with Gasteiger partial charge in [-0.15, -0.1) is 11.3 Å². The van der Waals surface area contributed by atoms with Gasteiger partial charge in [-0.1, -0.05) is 0 Å². The highest BCUT2D eigenvalue weighted by atomic mass is 79.9. The second kappa shape index (κ2) is 6.63. The molecule has 0 aliphatic heterocycles. The van der Waals surface area contributed by atoms with Gasteiger partial charge in [0.05, 0.1) is 0 Å². The van der Waals surface area contributed by atoms with Crippen LogP contribution in [-0.2, 0) is 6.54 Å². The van der Waals surface area contributed by atoms with Crippen molar-refractivity contribution in [1.29, 1.82) is 0 Å². The van der Waals surface area contributed by atoms with Gasteiger partial charge in [0.1, 0.15) is 0 Å². The summed E-state index contributed by atoms with van der Waals surface area (Å²) in [4.78, 5) is 6.03. The van der Waals surface area contributed by atoms with Crippen LogP contribution in [0.1, 0.15) is 11.3 Å². The molecule has 0 aliphatic rings. The fourth-order valence-corrected chi connectivity index (χ4v) is 2.97. The molecule has 0 N–H and O–H groups in total. The SMILES string of the molecule is CN(C)CCCN(C)Cc1cc(Br)cs1. The first-order valence-electron chi connectivity index (χ1n) is 5.14. The Morgan fingerprint density at radius 2 is 2.00 bits per heavy atom. The van der Waals surface area contributed by atoms with E-state index in [9.17, 15) is 0 Å². The number of hydrogen-bond acceptors (Lipinski definition) is 3. The van der Waals surface area contributed by atoms with E-state index in [0.717, 1.165) is 13.1 Å². The Morgan fingerprint density at radius 3 is 2.53 bits per heavy atom. The lowest BCUT2D eigenvalue weighted by molar-refractivity contribution is 0.296. The molecule has 1 heterocycles. The lowest BCUT2D eigenvalue weighted by Gasteiger charge is -2.17. The number of hydrogen-bond donors (Lipinski definition) is 0. The van der Waals surface area contributed by atoms with E-state index in [2.05, 4.69) is 58.3 Å². The first-order chi connectivity index (χ1) is 7.08. The van der Waals surface area contributed by atoms with Gasteiger partial charge in [-0.05, 0) is 62.6 Å². The molecular formula is C11H19BrN2S. The molecule has 0 saturated heterocycles. The zero-order chi connectivity index (χ0) is 11.3. The minimum absolute atomic E-state index is 1.06. The standard InChI is InChI=1S/C11H19BrN2S/c1-13(2)5-4-6-14(3)8-11-7-10(12)9-15-11/h7,9H,4-6,8H2,1-3H3. The van der Waals surface area contributed by atoms with Crippen LogP contribution in [0.4, 0.5) is 0 Å². The summed E-state index contributed by atoms with van der Waals surface area (Å²) in [6.07, 6.45) is 1.23. The van der Waals surface area contributed by atoms with Gasteiger partial charge < -0.3 is 9.80 Å². The van der Waals surface area contributed by atoms with Crippen molar-refractivity contribution in [3.8, 4) is 0 Å². The highest BCUT2D eigenvalue weighted by Gasteiger charge is 2.02. The zero-order valence-corrected chi connectivity index (χ0v) is 12.1. The Balaban J connectivity index is 2.21. The summed E-state index contributed by atoms with van der Waals surface area (Å²) in [5.41, 5.74) is 0. The monoisotopic (exact) mass is 290 g/mol. The van der Waals surface area contributed by atoms with Crippen molar-refractivity contribution < 1.29 is 0 Å². The smallest absolute Gasteiger partial charge is 0.0325 e. The topological polar surface area (TPSA) is 6.48 Å². The van der Waals surface area contributed by atoms with Crippen LogP contribution in [0.25, 0.3) is 0 Å². The summed E-state index contributed by atoms with van der Waals surface area (Å²) >= 11 is 5.30. The molecule has 1 rings (SSSR count). The van der Waals surface area contributed by atoms with Crippen LogP contribution in [0, 0.1) is 0 Å². The normalized spacial score (nSPS) is 11.6. The summed E-state index contributed by atoms with van der Waals surface area (Å²) in [6, 6.07) is 2.20. The maximum absolute atomic E-state index is 3.48. The van der Waals surface area contributed by atoms with Gasteiger partial charge in [0.15, 0.2) is 0 Å². The van der Waals surface area contributed by atoms with Crippen LogP contribution < -0.4 is 0 Å². The molecule has 86 valence electrons. The van der Waals surface area contributed by atoms with E-state index in [0.29, 0.717) is 0 Å². The number of nitrogens with zero attached hydrogens (tertiary/aromatic N) is 2. The van der Waals surface area contributed by atoms with Gasteiger partial charge in [0.2, 0.25) is 0 Å². The number of rotatable bonds is 6. The quantitative estimate of drug-likeness (QED) is 0.795. The Kier molecular flexibility index (Phi) is 5.82. The van der Waals surface area contributed by atoms with E-state index in [1.165, 1.54) is 22.3 Å². The van der Waals surface area contributed by atoms with E-state index in [-0.39, 0.29) is 0 Å². The van der Waals surface area contributed by atoms with Crippen molar-refractivity contribution in [3.63, 3.8) is 0 Å². The molecular weight excluding hydrogens is 272 g/mol. The van der Waals surface area contributed by atoms with Crippen molar-refractivity contribution in [2.75, 3.05) is 34.2 Å². The highest BCUT2D eigenvalue weighted by Crippen LogP contribution is 2.20. The molecule has 0 unspecified atom stereocenters. The predicted molar refractivity (Wildman–Crippen MR) is 71.5 cm³/mol. The third-order valence-corrected chi connectivity index (χ3v) is 3.88. The van der Waals surface area contributed by atoms with E-state index >= 15 is 0 Å². The predicted octanol–water partition coefficient (Wildman–Crippen LogP) is 2.89. The molecule has 0 spiro atoms. The van der Waals surface area contributed by atoms with Crippen LogP contribution in [0.15, 0.2) is 15.9 Å². The highest BCUT2D eigenvalue weighted by molar-refractivity contribution is 9.10. The number of halogens is 1. The van der Waals surface area contributed by atoms with Gasteiger partial charge in [0.25, 0.3) is 0 Å². The lowest BCUT2D eigenvalue weighted by Crippen LogP contribution is -2.23. The van der Waals surface area contributed by atoms with Crippen LogP contribution in [0.5, 0.6) is 0 Å². The number of thiophene rings is 1. The van der Waals surface area contributed by atoms with E-state index < -0.39 is 0 Å². The Morgan fingerprint density at radius 1 is 1.27 bits per heavy atom. The Hall–Kier alpha value is 0.1000. The van der Waals surface area contributed by atoms with Crippen LogP contribution in [0.2, 0.25) is 0 Å². The van der Waals surface area contributed by atoms with Crippen molar-refractivity contribution in [3.05, 3.63) is 20.8 Å². The van der Waals surface area contributed by atoms with Crippen LogP contribution in [0.3, 0.4) is 0 Å². The lowest BCUT2D eigenvalue weighted by atomic mass is 10.3. The van der Waals surface area contributed by atoms with Gasteiger partial charge in [-0.2, -0.15) is 0 Å². The van der Waals surface area contributed by atoms with Gasteiger partial charge >= 0.3 is 0 Å². The third-order valence-electron chi connectivity index (χ3n) is 2.19. The molecule has 4 heteroatoms. The second-order valence-corrected chi connectivity index (χ2v) is 6.04. The molecule has 0 aromatic carbocycles. The molecule has 0 atom stereocenters. The molecule has 15 heavy (non-hydrogen) atoms. The molecule has 0 bridgehead atoms. The van der Waals surface area contributed by atoms with Gasteiger partial charge in [0, 0.05) is 21.3 Å². The van der Waals surface area contributed by atoms with Crippen molar-refractivity contribution in [2.45, 2.75) is 13.0 Å². The van der Waals surface area contributed by atoms with Gasteiger partial charge in [-0.3, -0.25) is 0 Å². The molecule has 2 nitrogen and oxygen atoms in total. The molecule has 0 aliphatic carbocycles. The first-order valence-corrected chi connectivity index (χ1v) is 6.81. The minimum atomic E-state index is 1.06. The maximum atomic E-state index is 3.48. The molecule has 0 fully saturated rings. The second-order valence-electron chi connectivity index (χ2n) is 4.13. The fourth-order valence-electron chi connectivity index (χ4n) is 1.44. The maximum Gasteiger partial charge on any atom is 0.0325 e. The van der Waals surface area contributed by atoms with E-state index in [4.69, 9.17) is 0 Å². The molecule has 0 radical (unpaired) electrons. The molecule has 0 amide bonds.